The van der Waals surface area contributed by atoms with Gasteiger partial charge in [0, 0.05) is 10.7 Å². The molecule has 0 spiro atoms. The lowest BCUT2D eigenvalue weighted by Gasteiger charge is -2.08. The third-order valence-corrected chi connectivity index (χ3v) is 4.40. The van der Waals surface area contributed by atoms with Crippen LogP contribution in [-0.4, -0.2) is 47.5 Å². The van der Waals surface area contributed by atoms with E-state index < -0.39 is 11.9 Å². The fourth-order valence-electron chi connectivity index (χ4n) is 1.82. The number of aromatic nitrogens is 2. The lowest BCUT2D eigenvalue weighted by atomic mass is 10.3. The first-order valence-corrected chi connectivity index (χ1v) is 9.74. The van der Waals surface area contributed by atoms with Crippen LogP contribution in [0.15, 0.2) is 40.1 Å². The standard InChI is InChI=1S/C17H18BrN3O5S/c1-2-24-16(23)13-9-20-17(21-15(13)19)27-10-14(22)26-8-7-25-12-5-3-11(18)4-6-12/h3-6,9H,2,7-8,10H2,1H3,(H2,19,20,21). The number of benzene rings is 1. The van der Waals surface area contributed by atoms with Crippen LogP contribution in [0.3, 0.4) is 0 Å². The number of hydrogen-bond acceptors (Lipinski definition) is 9. The number of halogens is 1. The monoisotopic (exact) mass is 455 g/mol. The minimum absolute atomic E-state index is 0.00205. The normalized spacial score (nSPS) is 10.3. The van der Waals surface area contributed by atoms with Gasteiger partial charge in [0.2, 0.25) is 0 Å². The molecule has 1 heterocycles. The Hall–Kier alpha value is -2.33. The Kier molecular flexibility index (Phi) is 8.34. The van der Waals surface area contributed by atoms with Crippen molar-refractivity contribution < 1.29 is 23.8 Å². The summed E-state index contributed by atoms with van der Waals surface area (Å²) >= 11 is 4.39. The average molecular weight is 456 g/mol. The summed E-state index contributed by atoms with van der Waals surface area (Å²) in [6.45, 7) is 2.29. The van der Waals surface area contributed by atoms with Gasteiger partial charge in [-0.1, -0.05) is 27.7 Å². The highest BCUT2D eigenvalue weighted by atomic mass is 79.9. The summed E-state index contributed by atoms with van der Waals surface area (Å²) in [5.41, 5.74) is 5.81. The molecule has 0 aliphatic carbocycles. The Morgan fingerprint density at radius 1 is 1.19 bits per heavy atom. The number of nitrogen functional groups attached to an aromatic ring is 1. The molecule has 0 unspecified atom stereocenters. The van der Waals surface area contributed by atoms with Gasteiger partial charge in [-0.05, 0) is 31.2 Å². The first kappa shape index (κ1) is 21.0. The number of rotatable bonds is 9. The van der Waals surface area contributed by atoms with Crippen molar-refractivity contribution in [1.29, 1.82) is 0 Å². The Labute approximate surface area is 168 Å². The molecule has 0 aliphatic heterocycles. The molecule has 144 valence electrons. The van der Waals surface area contributed by atoms with Crippen molar-refractivity contribution in [3.63, 3.8) is 0 Å². The summed E-state index contributed by atoms with van der Waals surface area (Å²) in [6.07, 6.45) is 1.28. The molecule has 0 aliphatic rings. The van der Waals surface area contributed by atoms with E-state index in [0.717, 1.165) is 16.2 Å². The lowest BCUT2D eigenvalue weighted by Crippen LogP contribution is -2.14. The second-order valence-electron chi connectivity index (χ2n) is 4.98. The average Bonchev–Trinajstić information content (AvgIpc) is 2.65. The van der Waals surface area contributed by atoms with Crippen molar-refractivity contribution in [2.45, 2.75) is 12.1 Å². The zero-order chi connectivity index (χ0) is 19.6. The number of hydrogen-bond donors (Lipinski definition) is 1. The summed E-state index contributed by atoms with van der Waals surface area (Å²) in [4.78, 5) is 31.4. The van der Waals surface area contributed by atoms with Crippen molar-refractivity contribution >= 4 is 45.4 Å². The van der Waals surface area contributed by atoms with E-state index in [-0.39, 0.29) is 42.1 Å². The molecule has 0 bridgehead atoms. The third kappa shape index (κ3) is 7.06. The van der Waals surface area contributed by atoms with Crippen LogP contribution in [0.4, 0.5) is 5.82 Å². The zero-order valence-corrected chi connectivity index (χ0v) is 16.9. The van der Waals surface area contributed by atoms with Gasteiger partial charge in [0.25, 0.3) is 0 Å². The van der Waals surface area contributed by atoms with Gasteiger partial charge in [0.1, 0.15) is 30.3 Å². The molecule has 1 aromatic heterocycles. The van der Waals surface area contributed by atoms with Crippen LogP contribution >= 0.6 is 27.7 Å². The molecule has 27 heavy (non-hydrogen) atoms. The summed E-state index contributed by atoms with van der Waals surface area (Å²) < 4.78 is 16.3. The molecule has 2 rings (SSSR count). The van der Waals surface area contributed by atoms with E-state index in [1.165, 1.54) is 6.20 Å². The third-order valence-electron chi connectivity index (χ3n) is 3.04. The topological polar surface area (TPSA) is 114 Å². The van der Waals surface area contributed by atoms with E-state index in [4.69, 9.17) is 19.9 Å². The first-order valence-electron chi connectivity index (χ1n) is 7.96. The Balaban J connectivity index is 1.71. The van der Waals surface area contributed by atoms with Gasteiger partial charge >= 0.3 is 11.9 Å². The summed E-state index contributed by atoms with van der Waals surface area (Å²) in [7, 11) is 0. The highest BCUT2D eigenvalue weighted by molar-refractivity contribution is 9.10. The Morgan fingerprint density at radius 2 is 1.93 bits per heavy atom. The van der Waals surface area contributed by atoms with Gasteiger partial charge in [-0.2, -0.15) is 0 Å². The van der Waals surface area contributed by atoms with Crippen molar-refractivity contribution in [3.8, 4) is 5.75 Å². The van der Waals surface area contributed by atoms with E-state index >= 15 is 0 Å². The largest absolute Gasteiger partial charge is 0.490 e. The maximum Gasteiger partial charge on any atom is 0.343 e. The minimum atomic E-state index is -0.586. The van der Waals surface area contributed by atoms with Gasteiger partial charge in [-0.15, -0.1) is 0 Å². The van der Waals surface area contributed by atoms with Crippen molar-refractivity contribution in [2.75, 3.05) is 31.3 Å². The number of thioether (sulfide) groups is 1. The van der Waals surface area contributed by atoms with Crippen molar-refractivity contribution in [2.24, 2.45) is 0 Å². The molecule has 10 heteroatoms. The number of ether oxygens (including phenoxy) is 3. The van der Waals surface area contributed by atoms with Gasteiger partial charge in [-0.25, -0.2) is 14.8 Å². The number of nitrogens with two attached hydrogens (primary N) is 1. The van der Waals surface area contributed by atoms with Crippen molar-refractivity contribution in [1.82, 2.24) is 9.97 Å². The molecule has 2 N–H and O–H groups in total. The molecule has 0 saturated carbocycles. The predicted molar refractivity (Wildman–Crippen MR) is 104 cm³/mol. The molecule has 0 amide bonds. The molecular formula is C17H18BrN3O5S. The molecule has 0 saturated heterocycles. The number of esters is 2. The summed E-state index contributed by atoms with van der Waals surface area (Å²) in [6, 6.07) is 7.33. The summed E-state index contributed by atoms with van der Waals surface area (Å²) in [5.74, 6) is -0.319. The predicted octanol–water partition coefficient (Wildman–Crippen LogP) is 2.71. The Bertz CT molecular complexity index is 789. The van der Waals surface area contributed by atoms with E-state index in [2.05, 4.69) is 25.9 Å². The van der Waals surface area contributed by atoms with Crippen LogP contribution in [0, 0.1) is 0 Å². The highest BCUT2D eigenvalue weighted by Crippen LogP contribution is 2.18. The van der Waals surface area contributed by atoms with E-state index in [1.807, 2.05) is 24.3 Å². The van der Waals surface area contributed by atoms with Gasteiger partial charge in [-0.3, -0.25) is 4.79 Å². The van der Waals surface area contributed by atoms with Crippen LogP contribution in [0.1, 0.15) is 17.3 Å². The molecule has 1 aromatic carbocycles. The number of carbonyl (C=O) groups excluding carboxylic acids is 2. The van der Waals surface area contributed by atoms with Crippen LogP contribution in [0.2, 0.25) is 0 Å². The van der Waals surface area contributed by atoms with Crippen LogP contribution in [0.25, 0.3) is 0 Å². The summed E-state index contributed by atoms with van der Waals surface area (Å²) in [5, 5.41) is 0.267. The van der Waals surface area contributed by atoms with E-state index in [9.17, 15) is 9.59 Å². The van der Waals surface area contributed by atoms with Crippen LogP contribution in [0.5, 0.6) is 5.75 Å². The molecule has 8 nitrogen and oxygen atoms in total. The second-order valence-corrected chi connectivity index (χ2v) is 6.84. The smallest absolute Gasteiger partial charge is 0.343 e. The zero-order valence-electron chi connectivity index (χ0n) is 14.5. The van der Waals surface area contributed by atoms with Gasteiger partial charge < -0.3 is 19.9 Å². The van der Waals surface area contributed by atoms with Gasteiger partial charge in [0.15, 0.2) is 5.16 Å². The SMILES string of the molecule is CCOC(=O)c1cnc(SCC(=O)OCCOc2ccc(Br)cc2)nc1N. The Morgan fingerprint density at radius 3 is 2.59 bits per heavy atom. The van der Waals surface area contributed by atoms with E-state index in [1.54, 1.807) is 6.92 Å². The van der Waals surface area contributed by atoms with Crippen LogP contribution < -0.4 is 10.5 Å². The fraction of sp³-hybridized carbons (Fsp3) is 0.294. The maximum absolute atomic E-state index is 11.8. The minimum Gasteiger partial charge on any atom is -0.490 e. The highest BCUT2D eigenvalue weighted by Gasteiger charge is 2.14. The lowest BCUT2D eigenvalue weighted by molar-refractivity contribution is -0.141. The van der Waals surface area contributed by atoms with Crippen molar-refractivity contribution in [3.05, 3.63) is 40.5 Å². The van der Waals surface area contributed by atoms with Crippen LogP contribution in [-0.2, 0) is 14.3 Å². The molecule has 0 fully saturated rings. The molecule has 2 aromatic rings. The fourth-order valence-corrected chi connectivity index (χ4v) is 2.71. The number of nitrogens with zero attached hydrogens (tertiary/aromatic N) is 2. The maximum atomic E-state index is 11.8. The van der Waals surface area contributed by atoms with E-state index in [0.29, 0.717) is 5.75 Å². The number of carbonyl (C=O) groups is 2. The first-order chi connectivity index (χ1) is 13.0. The molecule has 0 atom stereocenters. The molecule has 0 radical (unpaired) electrons. The molecular weight excluding hydrogens is 438 g/mol. The second kappa shape index (κ2) is 10.7. The van der Waals surface area contributed by atoms with Gasteiger partial charge in [0.05, 0.1) is 12.4 Å². The quantitative estimate of drug-likeness (QED) is 0.263. The number of anilines is 1.